The summed E-state index contributed by atoms with van der Waals surface area (Å²) in [6.07, 6.45) is -0.314. The molecule has 1 unspecified atom stereocenters. The average Bonchev–Trinajstić information content (AvgIpc) is 2.18. The number of halogens is 1. The number of hydrogen-bond acceptors (Lipinski definition) is 2. The molecule has 0 saturated carbocycles. The molecule has 0 fully saturated rings. The minimum absolute atomic E-state index is 0.152. The molecule has 2 N–H and O–H groups in total. The van der Waals surface area contributed by atoms with Crippen LogP contribution in [0.15, 0.2) is 18.2 Å². The molecule has 1 aromatic carbocycles. The number of amides is 1. The molecule has 5 heteroatoms. The first kappa shape index (κ1) is 10.5. The number of benzene rings is 1. The van der Waals surface area contributed by atoms with Crippen LogP contribution in [-0.4, -0.2) is 17.8 Å². The van der Waals surface area contributed by atoms with Crippen LogP contribution in [-0.2, 0) is 0 Å². The molecular weight excluding hydrogens is 309 g/mol. The molecule has 0 aliphatic carbocycles. The Morgan fingerprint density at radius 2 is 2.40 bits per heavy atom. The van der Waals surface area contributed by atoms with Gasteiger partial charge in [-0.25, -0.2) is 4.79 Å². The minimum Gasteiger partial charge on any atom is -0.493 e. The van der Waals surface area contributed by atoms with Gasteiger partial charge in [0.15, 0.2) is 0 Å². The summed E-state index contributed by atoms with van der Waals surface area (Å²) in [6.45, 7) is 0.554. The number of ether oxygens (including phenoxy) is 1. The summed E-state index contributed by atoms with van der Waals surface area (Å²) in [6, 6.07) is 5.63. The van der Waals surface area contributed by atoms with Gasteiger partial charge in [-0.3, -0.25) is 0 Å². The van der Waals surface area contributed by atoms with Crippen LogP contribution >= 0.6 is 22.6 Å². The van der Waals surface area contributed by atoms with Gasteiger partial charge in [0.1, 0.15) is 5.75 Å². The van der Waals surface area contributed by atoms with Crippen molar-refractivity contribution in [1.82, 2.24) is 5.32 Å². The number of carboxylic acid groups (broad SMARTS) is 1. The first-order valence-electron chi connectivity index (χ1n) is 4.58. The van der Waals surface area contributed by atoms with E-state index in [4.69, 9.17) is 9.84 Å². The Morgan fingerprint density at radius 3 is 3.13 bits per heavy atom. The number of hydrogen-bond donors (Lipinski definition) is 2. The highest BCUT2D eigenvalue weighted by molar-refractivity contribution is 14.1. The summed E-state index contributed by atoms with van der Waals surface area (Å²) in [5, 5.41) is 11.2. The molecule has 1 aromatic rings. The molecular formula is C10H10INO3. The largest absolute Gasteiger partial charge is 0.493 e. The van der Waals surface area contributed by atoms with E-state index in [2.05, 4.69) is 27.9 Å². The maximum Gasteiger partial charge on any atom is 0.405 e. The molecule has 0 radical (unpaired) electrons. The van der Waals surface area contributed by atoms with Crippen LogP contribution in [0.4, 0.5) is 4.79 Å². The van der Waals surface area contributed by atoms with Crippen LogP contribution in [0.2, 0.25) is 0 Å². The molecule has 0 bridgehead atoms. The number of carbonyl (C=O) groups is 1. The zero-order valence-corrected chi connectivity index (χ0v) is 10.0. The lowest BCUT2D eigenvalue weighted by molar-refractivity contribution is 0.182. The van der Waals surface area contributed by atoms with Gasteiger partial charge >= 0.3 is 6.09 Å². The Kier molecular flexibility index (Phi) is 2.99. The first-order chi connectivity index (χ1) is 7.16. The fraction of sp³-hybridized carbons (Fsp3) is 0.300. The highest BCUT2D eigenvalue weighted by atomic mass is 127. The van der Waals surface area contributed by atoms with Crippen LogP contribution in [0.1, 0.15) is 18.0 Å². The van der Waals surface area contributed by atoms with E-state index in [0.29, 0.717) is 13.0 Å². The molecule has 0 saturated heterocycles. The minimum atomic E-state index is -0.994. The summed E-state index contributed by atoms with van der Waals surface area (Å²) in [4.78, 5) is 10.6. The lowest BCUT2D eigenvalue weighted by Crippen LogP contribution is -2.30. The zero-order valence-electron chi connectivity index (χ0n) is 7.87. The van der Waals surface area contributed by atoms with Gasteiger partial charge < -0.3 is 15.2 Å². The molecule has 1 aliphatic heterocycles. The lowest BCUT2D eigenvalue weighted by Gasteiger charge is -2.25. The normalized spacial score (nSPS) is 18.9. The molecule has 80 valence electrons. The highest BCUT2D eigenvalue weighted by Crippen LogP contribution is 2.32. The van der Waals surface area contributed by atoms with Crippen molar-refractivity contribution in [3.8, 4) is 5.75 Å². The van der Waals surface area contributed by atoms with Gasteiger partial charge in [0, 0.05) is 15.6 Å². The van der Waals surface area contributed by atoms with Gasteiger partial charge in [-0.2, -0.15) is 0 Å². The van der Waals surface area contributed by atoms with E-state index in [0.717, 1.165) is 14.9 Å². The lowest BCUT2D eigenvalue weighted by atomic mass is 10.0. The quantitative estimate of drug-likeness (QED) is 0.782. The van der Waals surface area contributed by atoms with E-state index < -0.39 is 6.09 Å². The molecule has 1 atom stereocenters. The van der Waals surface area contributed by atoms with E-state index in [-0.39, 0.29) is 6.04 Å². The van der Waals surface area contributed by atoms with E-state index in [1.165, 1.54) is 0 Å². The second-order valence-electron chi connectivity index (χ2n) is 3.32. The Balaban J connectivity index is 2.32. The predicted octanol–water partition coefficient (Wildman–Crippen LogP) is 2.38. The van der Waals surface area contributed by atoms with Crippen LogP contribution in [0.25, 0.3) is 0 Å². The average molecular weight is 319 g/mol. The second kappa shape index (κ2) is 4.26. The smallest absolute Gasteiger partial charge is 0.405 e. The molecule has 1 heterocycles. The zero-order chi connectivity index (χ0) is 10.8. The van der Waals surface area contributed by atoms with Crippen LogP contribution < -0.4 is 10.1 Å². The Bertz CT molecular complexity index is 394. The molecule has 0 spiro atoms. The van der Waals surface area contributed by atoms with Crippen molar-refractivity contribution in [2.75, 3.05) is 6.61 Å². The SMILES string of the molecule is O=C(O)NC1CCOc2ccc(I)cc21. The molecule has 15 heavy (non-hydrogen) atoms. The van der Waals surface area contributed by atoms with Crippen molar-refractivity contribution in [3.63, 3.8) is 0 Å². The first-order valence-corrected chi connectivity index (χ1v) is 5.66. The molecule has 2 rings (SSSR count). The third kappa shape index (κ3) is 2.34. The monoisotopic (exact) mass is 319 g/mol. The fourth-order valence-electron chi connectivity index (χ4n) is 1.66. The highest BCUT2D eigenvalue weighted by Gasteiger charge is 2.22. The van der Waals surface area contributed by atoms with Gasteiger partial charge in [-0.1, -0.05) is 0 Å². The number of nitrogens with one attached hydrogen (secondary N) is 1. The summed E-state index contributed by atoms with van der Waals surface area (Å²) in [5.74, 6) is 0.778. The summed E-state index contributed by atoms with van der Waals surface area (Å²) in [5.41, 5.74) is 0.926. The molecule has 0 aromatic heterocycles. The van der Waals surface area contributed by atoms with Gasteiger partial charge in [-0.15, -0.1) is 0 Å². The third-order valence-electron chi connectivity index (χ3n) is 2.31. The van der Waals surface area contributed by atoms with E-state index >= 15 is 0 Å². The summed E-state index contributed by atoms with van der Waals surface area (Å²) in [7, 11) is 0. The molecule has 4 nitrogen and oxygen atoms in total. The fourth-order valence-corrected chi connectivity index (χ4v) is 2.18. The Labute approximate surface area is 101 Å². The third-order valence-corrected chi connectivity index (χ3v) is 2.98. The Morgan fingerprint density at radius 1 is 1.60 bits per heavy atom. The summed E-state index contributed by atoms with van der Waals surface area (Å²) < 4.78 is 6.53. The van der Waals surface area contributed by atoms with E-state index in [9.17, 15) is 4.79 Å². The van der Waals surface area contributed by atoms with Crippen LogP contribution in [0.5, 0.6) is 5.75 Å². The van der Waals surface area contributed by atoms with Crippen LogP contribution in [0, 0.1) is 3.57 Å². The second-order valence-corrected chi connectivity index (χ2v) is 4.57. The molecule has 1 aliphatic rings. The van der Waals surface area contributed by atoms with Gasteiger partial charge in [-0.05, 0) is 40.8 Å². The number of fused-ring (bicyclic) bond motifs is 1. The molecule has 1 amide bonds. The maximum absolute atomic E-state index is 10.6. The van der Waals surface area contributed by atoms with Crippen LogP contribution in [0.3, 0.4) is 0 Å². The Hall–Kier alpha value is -0.980. The van der Waals surface area contributed by atoms with Crippen molar-refractivity contribution in [2.45, 2.75) is 12.5 Å². The van der Waals surface area contributed by atoms with Gasteiger partial charge in [0.25, 0.3) is 0 Å². The van der Waals surface area contributed by atoms with Crippen molar-refractivity contribution >= 4 is 28.7 Å². The van der Waals surface area contributed by atoms with Crippen molar-refractivity contribution in [3.05, 3.63) is 27.3 Å². The van der Waals surface area contributed by atoms with Gasteiger partial charge in [0.05, 0.1) is 12.6 Å². The van der Waals surface area contributed by atoms with Gasteiger partial charge in [0.2, 0.25) is 0 Å². The number of rotatable bonds is 1. The van der Waals surface area contributed by atoms with Crippen molar-refractivity contribution < 1.29 is 14.6 Å². The predicted molar refractivity (Wildman–Crippen MR) is 63.2 cm³/mol. The van der Waals surface area contributed by atoms with Crippen molar-refractivity contribution in [1.29, 1.82) is 0 Å². The maximum atomic E-state index is 10.6. The standard InChI is InChI=1S/C10H10INO3/c11-6-1-2-9-7(5-6)8(3-4-15-9)12-10(13)14/h1-2,5,8,12H,3-4H2,(H,13,14). The van der Waals surface area contributed by atoms with E-state index in [1.807, 2.05) is 18.2 Å². The topological polar surface area (TPSA) is 58.6 Å². The van der Waals surface area contributed by atoms with Crippen molar-refractivity contribution in [2.24, 2.45) is 0 Å². The van der Waals surface area contributed by atoms with E-state index in [1.54, 1.807) is 0 Å². The summed E-state index contributed by atoms with van der Waals surface area (Å²) >= 11 is 2.20.